The molecule has 11 heteroatoms. The van der Waals surface area contributed by atoms with E-state index in [2.05, 4.69) is 10.6 Å². The summed E-state index contributed by atoms with van der Waals surface area (Å²) >= 11 is 0. The van der Waals surface area contributed by atoms with Crippen molar-refractivity contribution in [2.75, 3.05) is 10.6 Å². The number of nitrogens with one attached hydrogen (secondary N) is 2. The summed E-state index contributed by atoms with van der Waals surface area (Å²) in [5.41, 5.74) is -2.45. The van der Waals surface area contributed by atoms with Crippen molar-refractivity contribution in [3.05, 3.63) is 48.0 Å². The Hall–Kier alpha value is -3.11. The third-order valence-corrected chi connectivity index (χ3v) is 3.94. The van der Waals surface area contributed by atoms with Crippen molar-refractivity contribution in [1.82, 2.24) is 0 Å². The molecule has 0 bridgehead atoms. The van der Waals surface area contributed by atoms with Crippen molar-refractivity contribution in [2.24, 2.45) is 0 Å². The number of amides is 2. The summed E-state index contributed by atoms with van der Waals surface area (Å²) in [5, 5.41) is 4.47. The lowest BCUT2D eigenvalue weighted by molar-refractivity contribution is -0.359. The molecule has 0 aliphatic carbocycles. The maximum absolute atomic E-state index is 14.5. The summed E-state index contributed by atoms with van der Waals surface area (Å²) in [6, 6.07) is 7.23. The summed E-state index contributed by atoms with van der Waals surface area (Å²) < 4.78 is 94.5. The van der Waals surface area contributed by atoms with Gasteiger partial charge in [0.1, 0.15) is 0 Å². The molecule has 30 heavy (non-hydrogen) atoms. The highest BCUT2D eigenvalue weighted by Gasteiger charge is 2.73. The number of hydrogen-bond donors (Lipinski definition) is 2. The van der Waals surface area contributed by atoms with Crippen LogP contribution in [0.25, 0.3) is 11.1 Å². The number of rotatable bonds is 5. The summed E-state index contributed by atoms with van der Waals surface area (Å²) in [6.45, 7) is 2.23. The van der Waals surface area contributed by atoms with Crippen LogP contribution in [0.3, 0.4) is 0 Å². The number of halogens is 7. The minimum Gasteiger partial charge on any atom is -0.326 e. The molecule has 0 saturated heterocycles. The van der Waals surface area contributed by atoms with Gasteiger partial charge in [-0.2, -0.15) is 30.7 Å². The lowest BCUT2D eigenvalue weighted by atomic mass is 9.91. The van der Waals surface area contributed by atoms with Gasteiger partial charge in [-0.1, -0.05) is 18.2 Å². The molecule has 2 aromatic carbocycles. The summed E-state index contributed by atoms with van der Waals surface area (Å²) in [7, 11) is 0. The van der Waals surface area contributed by atoms with Crippen LogP contribution < -0.4 is 10.6 Å². The summed E-state index contributed by atoms with van der Waals surface area (Å²) in [4.78, 5) is 22.2. The molecule has 0 unspecified atom stereocenters. The van der Waals surface area contributed by atoms with E-state index < -0.39 is 41.0 Å². The van der Waals surface area contributed by atoms with Crippen LogP contribution in [0.2, 0.25) is 0 Å². The Kier molecular flexibility index (Phi) is 6.15. The monoisotopic (exact) mass is 436 g/mol. The van der Waals surface area contributed by atoms with Crippen LogP contribution in [0.15, 0.2) is 42.5 Å². The number of carbonyl (C=O) groups excluding carboxylic acids is 2. The van der Waals surface area contributed by atoms with Gasteiger partial charge in [0.15, 0.2) is 0 Å². The van der Waals surface area contributed by atoms with Gasteiger partial charge in [-0.25, -0.2) is 0 Å². The Labute approximate surface area is 166 Å². The zero-order valence-corrected chi connectivity index (χ0v) is 15.5. The van der Waals surface area contributed by atoms with Crippen molar-refractivity contribution in [3.8, 4) is 11.1 Å². The van der Waals surface area contributed by atoms with E-state index in [0.29, 0.717) is 6.07 Å². The Morgan fingerprint density at radius 2 is 1.20 bits per heavy atom. The fraction of sp³-hybridized carbons (Fsp3) is 0.263. The van der Waals surface area contributed by atoms with Gasteiger partial charge in [-0.15, -0.1) is 0 Å². The SMILES string of the molecule is CC(=O)Nc1ccc(-c2ccc(NC(C)=O)cc2C(F)(F)C(F)(F)C(F)(F)F)cc1. The first-order chi connectivity index (χ1) is 13.7. The zero-order valence-electron chi connectivity index (χ0n) is 15.5. The van der Waals surface area contributed by atoms with E-state index in [1.165, 1.54) is 31.2 Å². The van der Waals surface area contributed by atoms with Crippen LogP contribution in [0.4, 0.5) is 42.1 Å². The van der Waals surface area contributed by atoms with E-state index in [9.17, 15) is 40.3 Å². The molecule has 2 rings (SSSR count). The van der Waals surface area contributed by atoms with E-state index in [0.717, 1.165) is 19.1 Å². The topological polar surface area (TPSA) is 58.2 Å². The fourth-order valence-corrected chi connectivity index (χ4v) is 2.62. The van der Waals surface area contributed by atoms with E-state index in [1.807, 2.05) is 0 Å². The average Bonchev–Trinajstić information content (AvgIpc) is 2.60. The third-order valence-electron chi connectivity index (χ3n) is 3.94. The standard InChI is InChI=1S/C19H15F7N2O2/c1-10(29)27-13-5-3-12(4-6-13)15-8-7-14(28-11(2)30)9-16(15)17(20,21)18(22,23)19(24,25)26/h3-9H,1-2H3,(H,27,29)(H,28,30). The van der Waals surface area contributed by atoms with E-state index in [4.69, 9.17) is 0 Å². The number of anilines is 2. The first kappa shape index (κ1) is 23.2. The van der Waals surface area contributed by atoms with Crippen LogP contribution >= 0.6 is 0 Å². The molecule has 0 aliphatic heterocycles. The molecule has 2 amide bonds. The maximum Gasteiger partial charge on any atom is 0.460 e. The second-order valence-electron chi connectivity index (χ2n) is 6.35. The van der Waals surface area contributed by atoms with Crippen LogP contribution in [-0.4, -0.2) is 23.9 Å². The zero-order chi connectivity index (χ0) is 22.9. The highest BCUT2D eigenvalue weighted by molar-refractivity contribution is 5.90. The quantitative estimate of drug-likeness (QED) is 0.603. The fourth-order valence-electron chi connectivity index (χ4n) is 2.62. The van der Waals surface area contributed by atoms with Gasteiger partial charge in [0.05, 0.1) is 0 Å². The summed E-state index contributed by atoms with van der Waals surface area (Å²) in [5.74, 6) is -13.2. The number of carbonyl (C=O) groups is 2. The third kappa shape index (κ3) is 4.55. The number of hydrogen-bond acceptors (Lipinski definition) is 2. The Morgan fingerprint density at radius 1 is 0.733 bits per heavy atom. The molecule has 2 aromatic rings. The van der Waals surface area contributed by atoms with Crippen molar-refractivity contribution in [2.45, 2.75) is 31.9 Å². The van der Waals surface area contributed by atoms with Gasteiger partial charge in [-0.05, 0) is 35.4 Å². The molecule has 2 N–H and O–H groups in total. The van der Waals surface area contributed by atoms with Crippen LogP contribution in [-0.2, 0) is 15.5 Å². The molecule has 0 aromatic heterocycles. The van der Waals surface area contributed by atoms with Gasteiger partial charge in [-0.3, -0.25) is 9.59 Å². The van der Waals surface area contributed by atoms with Crippen molar-refractivity contribution in [3.63, 3.8) is 0 Å². The predicted octanol–water partition coefficient (Wildman–Crippen LogP) is 5.56. The molecule has 0 heterocycles. The van der Waals surface area contributed by atoms with Crippen LogP contribution in [0, 0.1) is 0 Å². The first-order valence-corrected chi connectivity index (χ1v) is 8.29. The Morgan fingerprint density at radius 3 is 1.67 bits per heavy atom. The molecule has 0 saturated carbocycles. The van der Waals surface area contributed by atoms with Crippen LogP contribution in [0.5, 0.6) is 0 Å². The first-order valence-electron chi connectivity index (χ1n) is 8.29. The Balaban J connectivity index is 2.67. The molecule has 0 radical (unpaired) electrons. The molecule has 0 aliphatic rings. The highest BCUT2D eigenvalue weighted by atomic mass is 19.4. The normalized spacial score (nSPS) is 12.4. The largest absolute Gasteiger partial charge is 0.460 e. The van der Waals surface area contributed by atoms with Crippen LogP contribution in [0.1, 0.15) is 19.4 Å². The molecule has 4 nitrogen and oxygen atoms in total. The van der Waals surface area contributed by atoms with Gasteiger partial charge in [0.2, 0.25) is 11.8 Å². The number of benzene rings is 2. The maximum atomic E-state index is 14.5. The Bertz CT molecular complexity index is 954. The molecular formula is C19H15F7N2O2. The number of alkyl halides is 7. The average molecular weight is 436 g/mol. The second-order valence-corrected chi connectivity index (χ2v) is 6.35. The molecule has 0 atom stereocenters. The van der Waals surface area contributed by atoms with E-state index in [1.54, 1.807) is 0 Å². The van der Waals surface area contributed by atoms with Gasteiger partial charge in [0.25, 0.3) is 0 Å². The van der Waals surface area contributed by atoms with Crippen molar-refractivity contribution >= 4 is 23.2 Å². The lowest BCUT2D eigenvalue weighted by Gasteiger charge is -2.30. The molecule has 0 fully saturated rings. The van der Waals surface area contributed by atoms with E-state index >= 15 is 0 Å². The predicted molar refractivity (Wildman–Crippen MR) is 95.4 cm³/mol. The van der Waals surface area contributed by atoms with Gasteiger partial charge >= 0.3 is 18.0 Å². The smallest absolute Gasteiger partial charge is 0.326 e. The highest BCUT2D eigenvalue weighted by Crippen LogP contribution is 2.54. The minimum absolute atomic E-state index is 0.105. The lowest BCUT2D eigenvalue weighted by Crippen LogP contribution is -2.50. The van der Waals surface area contributed by atoms with E-state index in [-0.39, 0.29) is 16.9 Å². The van der Waals surface area contributed by atoms with Crippen molar-refractivity contribution in [1.29, 1.82) is 0 Å². The van der Waals surface area contributed by atoms with Gasteiger partial charge in [0, 0.05) is 30.8 Å². The molecular weight excluding hydrogens is 421 g/mol. The van der Waals surface area contributed by atoms with Gasteiger partial charge < -0.3 is 10.6 Å². The summed E-state index contributed by atoms with van der Waals surface area (Å²) in [6.07, 6.45) is -6.52. The van der Waals surface area contributed by atoms with Crippen molar-refractivity contribution < 1.29 is 40.3 Å². The minimum atomic E-state index is -6.52. The second kappa shape index (κ2) is 7.96. The molecule has 0 spiro atoms. The molecule has 162 valence electrons.